The molecule has 16 heavy (non-hydrogen) atoms. The van der Waals surface area contributed by atoms with E-state index in [1.54, 1.807) is 0 Å². The third kappa shape index (κ3) is 3.12. The van der Waals surface area contributed by atoms with Crippen LogP contribution in [0.25, 0.3) is 0 Å². The Morgan fingerprint density at radius 1 is 1.50 bits per heavy atom. The summed E-state index contributed by atoms with van der Waals surface area (Å²) in [6, 6.07) is 0. The highest BCUT2D eigenvalue weighted by Crippen LogP contribution is 2.25. The standard InChI is InChI=1S/C9H11ClF3NO2/c10-7(5-15)6-2-1-3-14(4-6)8(16)9(11,12)13/h15H,1-5H2/b7-6-. The summed E-state index contributed by atoms with van der Waals surface area (Å²) in [5.41, 5.74) is 0.494. The lowest BCUT2D eigenvalue weighted by molar-refractivity contribution is -0.185. The number of alkyl halides is 3. The third-order valence-electron chi connectivity index (χ3n) is 2.34. The molecule has 1 aliphatic rings. The Labute approximate surface area is 95.5 Å². The molecule has 1 saturated heterocycles. The summed E-state index contributed by atoms with van der Waals surface area (Å²) in [5.74, 6) is -1.85. The van der Waals surface area contributed by atoms with Gasteiger partial charge in [-0.1, -0.05) is 11.6 Å². The molecule has 1 fully saturated rings. The van der Waals surface area contributed by atoms with Crippen molar-refractivity contribution in [2.24, 2.45) is 0 Å². The fourth-order valence-electron chi connectivity index (χ4n) is 1.56. The molecule has 0 aromatic carbocycles. The van der Waals surface area contributed by atoms with Gasteiger partial charge in [0.05, 0.1) is 6.61 Å². The molecule has 1 aliphatic heterocycles. The van der Waals surface area contributed by atoms with Crippen molar-refractivity contribution in [2.75, 3.05) is 19.7 Å². The Kier molecular flexibility index (Phi) is 4.21. The van der Waals surface area contributed by atoms with Crippen LogP contribution in [0.4, 0.5) is 13.2 Å². The molecule has 0 aliphatic carbocycles. The van der Waals surface area contributed by atoms with Crippen molar-refractivity contribution >= 4 is 17.5 Å². The summed E-state index contributed by atoms with van der Waals surface area (Å²) in [6.07, 6.45) is -3.91. The second kappa shape index (κ2) is 5.05. The highest BCUT2D eigenvalue weighted by Gasteiger charge is 2.43. The zero-order valence-electron chi connectivity index (χ0n) is 8.35. The van der Waals surface area contributed by atoms with Gasteiger partial charge in [0, 0.05) is 18.1 Å². The maximum absolute atomic E-state index is 12.2. The molecule has 0 radical (unpaired) electrons. The second-order valence-electron chi connectivity index (χ2n) is 3.49. The van der Waals surface area contributed by atoms with Gasteiger partial charge < -0.3 is 10.0 Å². The first-order chi connectivity index (χ1) is 7.36. The molecule has 0 bridgehead atoms. The van der Waals surface area contributed by atoms with Gasteiger partial charge in [0.1, 0.15) is 0 Å². The van der Waals surface area contributed by atoms with E-state index in [1.165, 1.54) is 0 Å². The van der Waals surface area contributed by atoms with E-state index < -0.39 is 18.7 Å². The van der Waals surface area contributed by atoms with Crippen LogP contribution in [0.3, 0.4) is 0 Å². The minimum Gasteiger partial charge on any atom is -0.391 e. The summed E-state index contributed by atoms with van der Waals surface area (Å²) < 4.78 is 36.5. The number of hydrogen-bond donors (Lipinski definition) is 1. The van der Waals surface area contributed by atoms with Gasteiger partial charge in [-0.15, -0.1) is 0 Å². The molecule has 92 valence electrons. The maximum Gasteiger partial charge on any atom is 0.471 e. The first-order valence-electron chi connectivity index (χ1n) is 4.69. The number of rotatable bonds is 1. The monoisotopic (exact) mass is 257 g/mol. The largest absolute Gasteiger partial charge is 0.471 e. The van der Waals surface area contributed by atoms with Gasteiger partial charge in [0.2, 0.25) is 0 Å². The molecule has 0 unspecified atom stereocenters. The summed E-state index contributed by atoms with van der Waals surface area (Å²) in [5, 5.41) is 8.88. The van der Waals surface area contributed by atoms with Crippen LogP contribution in [-0.2, 0) is 4.79 Å². The number of hydrogen-bond acceptors (Lipinski definition) is 2. The van der Waals surface area contributed by atoms with E-state index in [0.29, 0.717) is 23.3 Å². The molecule has 0 aromatic rings. The number of nitrogens with zero attached hydrogens (tertiary/aromatic N) is 1. The Hall–Kier alpha value is -0.750. The fourth-order valence-corrected chi connectivity index (χ4v) is 1.71. The lowest BCUT2D eigenvalue weighted by Crippen LogP contribution is -2.44. The number of carbonyl (C=O) groups excluding carboxylic acids is 1. The predicted octanol–water partition coefficient (Wildman–Crippen LogP) is 1.66. The SMILES string of the molecule is O=C(N1CCC/C(=C(/Cl)CO)C1)C(F)(F)F. The first kappa shape index (κ1) is 13.3. The number of aliphatic hydroxyl groups is 1. The second-order valence-corrected chi connectivity index (χ2v) is 3.95. The molecule has 0 aromatic heterocycles. The number of piperidine rings is 1. The smallest absolute Gasteiger partial charge is 0.391 e. The lowest BCUT2D eigenvalue weighted by Gasteiger charge is -2.29. The van der Waals surface area contributed by atoms with E-state index >= 15 is 0 Å². The number of halogens is 4. The van der Waals surface area contributed by atoms with E-state index in [-0.39, 0.29) is 18.1 Å². The third-order valence-corrected chi connectivity index (χ3v) is 2.73. The number of carbonyl (C=O) groups is 1. The fraction of sp³-hybridized carbons (Fsp3) is 0.667. The van der Waals surface area contributed by atoms with E-state index in [2.05, 4.69) is 0 Å². The number of likely N-dealkylation sites (tertiary alicyclic amines) is 1. The molecule has 0 spiro atoms. The summed E-state index contributed by atoms with van der Waals surface area (Å²) in [4.78, 5) is 11.7. The Bertz CT molecular complexity index is 314. The Morgan fingerprint density at radius 2 is 2.12 bits per heavy atom. The topological polar surface area (TPSA) is 40.5 Å². The van der Waals surface area contributed by atoms with E-state index in [1.807, 2.05) is 0 Å². The van der Waals surface area contributed by atoms with Crippen LogP contribution >= 0.6 is 11.6 Å². The van der Waals surface area contributed by atoms with Gasteiger partial charge in [-0.3, -0.25) is 4.79 Å². The summed E-state index contributed by atoms with van der Waals surface area (Å²) in [6.45, 7) is -0.500. The van der Waals surface area contributed by atoms with Gasteiger partial charge in [-0.25, -0.2) is 0 Å². The van der Waals surface area contributed by atoms with E-state index in [9.17, 15) is 18.0 Å². The van der Waals surface area contributed by atoms with Crippen molar-refractivity contribution in [3.8, 4) is 0 Å². The van der Waals surface area contributed by atoms with Crippen LogP contribution in [0, 0.1) is 0 Å². The minimum absolute atomic E-state index is 0.0669. The van der Waals surface area contributed by atoms with Gasteiger partial charge in [0.15, 0.2) is 0 Å². The first-order valence-corrected chi connectivity index (χ1v) is 5.07. The zero-order chi connectivity index (χ0) is 12.3. The van der Waals surface area contributed by atoms with Crippen molar-refractivity contribution in [1.82, 2.24) is 4.90 Å². The molecule has 1 rings (SSSR count). The van der Waals surface area contributed by atoms with Gasteiger partial charge >= 0.3 is 12.1 Å². The normalized spacial score (nSPS) is 20.9. The molecule has 7 heteroatoms. The molecule has 3 nitrogen and oxygen atoms in total. The highest BCUT2D eigenvalue weighted by atomic mass is 35.5. The average Bonchev–Trinajstić information content (AvgIpc) is 2.26. The molecular formula is C9H11ClF3NO2. The molecular weight excluding hydrogens is 247 g/mol. The van der Waals surface area contributed by atoms with Crippen LogP contribution in [0.5, 0.6) is 0 Å². The summed E-state index contributed by atoms with van der Waals surface area (Å²) in [7, 11) is 0. The summed E-state index contributed by atoms with van der Waals surface area (Å²) >= 11 is 5.64. The number of aliphatic hydroxyl groups excluding tert-OH is 1. The van der Waals surface area contributed by atoms with Crippen molar-refractivity contribution < 1.29 is 23.1 Å². The van der Waals surface area contributed by atoms with Crippen LogP contribution < -0.4 is 0 Å². The van der Waals surface area contributed by atoms with Crippen molar-refractivity contribution in [1.29, 1.82) is 0 Å². The van der Waals surface area contributed by atoms with Crippen LogP contribution in [0.15, 0.2) is 10.6 Å². The molecule has 1 amide bonds. The van der Waals surface area contributed by atoms with Gasteiger partial charge in [0.25, 0.3) is 0 Å². The number of amides is 1. The van der Waals surface area contributed by atoms with Crippen molar-refractivity contribution in [3.63, 3.8) is 0 Å². The average molecular weight is 258 g/mol. The lowest BCUT2D eigenvalue weighted by atomic mass is 10.0. The maximum atomic E-state index is 12.2. The van der Waals surface area contributed by atoms with E-state index in [0.717, 1.165) is 0 Å². The predicted molar refractivity (Wildman–Crippen MR) is 51.8 cm³/mol. The van der Waals surface area contributed by atoms with Gasteiger partial charge in [-0.05, 0) is 18.4 Å². The minimum atomic E-state index is -4.85. The zero-order valence-corrected chi connectivity index (χ0v) is 9.11. The Balaban J connectivity index is 2.76. The van der Waals surface area contributed by atoms with Crippen LogP contribution in [0.2, 0.25) is 0 Å². The van der Waals surface area contributed by atoms with Crippen LogP contribution in [-0.4, -0.2) is 41.8 Å². The molecule has 1 heterocycles. The van der Waals surface area contributed by atoms with Crippen molar-refractivity contribution in [3.05, 3.63) is 10.6 Å². The Morgan fingerprint density at radius 3 is 2.62 bits per heavy atom. The van der Waals surface area contributed by atoms with Crippen molar-refractivity contribution in [2.45, 2.75) is 19.0 Å². The molecule has 0 saturated carbocycles. The van der Waals surface area contributed by atoms with Crippen LogP contribution in [0.1, 0.15) is 12.8 Å². The highest BCUT2D eigenvalue weighted by molar-refractivity contribution is 6.30. The molecule has 0 atom stereocenters. The van der Waals surface area contributed by atoms with E-state index in [4.69, 9.17) is 16.7 Å². The van der Waals surface area contributed by atoms with Gasteiger partial charge in [-0.2, -0.15) is 13.2 Å². The molecule has 1 N–H and O–H groups in total. The quantitative estimate of drug-likeness (QED) is 0.776.